The second kappa shape index (κ2) is 4.61. The van der Waals surface area contributed by atoms with E-state index in [2.05, 4.69) is 15.5 Å². The molecule has 0 amide bonds. The van der Waals surface area contributed by atoms with Crippen LogP contribution >= 0.6 is 0 Å². The zero-order valence-corrected chi connectivity index (χ0v) is 9.01. The largest absolute Gasteiger partial charge is 0.508 e. The second-order valence-corrected chi connectivity index (χ2v) is 3.54. The minimum atomic E-state index is 0.287. The first kappa shape index (κ1) is 10.4. The molecule has 16 heavy (non-hydrogen) atoms. The van der Waals surface area contributed by atoms with Gasteiger partial charge in [0.15, 0.2) is 0 Å². The number of nitrogens with one attached hydrogen (secondary N) is 1. The molecule has 0 spiro atoms. The van der Waals surface area contributed by atoms with Gasteiger partial charge in [0.05, 0.1) is 5.69 Å². The van der Waals surface area contributed by atoms with E-state index in [1.807, 2.05) is 31.2 Å². The maximum atomic E-state index is 9.56. The summed E-state index contributed by atoms with van der Waals surface area (Å²) in [5, 5.41) is 20.6. The van der Waals surface area contributed by atoms with Crippen LogP contribution in [-0.4, -0.2) is 15.3 Å². The van der Waals surface area contributed by atoms with E-state index in [1.54, 1.807) is 12.1 Å². The zero-order chi connectivity index (χ0) is 11.4. The minimum absolute atomic E-state index is 0.287. The molecule has 0 aliphatic heterocycles. The van der Waals surface area contributed by atoms with Crippen molar-refractivity contribution in [2.45, 2.75) is 13.5 Å². The first-order valence-corrected chi connectivity index (χ1v) is 5.07. The number of hydrogen-bond donors (Lipinski definition) is 2. The quantitative estimate of drug-likeness (QED) is 0.823. The van der Waals surface area contributed by atoms with Crippen molar-refractivity contribution in [1.29, 1.82) is 0 Å². The van der Waals surface area contributed by atoms with E-state index in [-0.39, 0.29) is 5.75 Å². The number of rotatable bonds is 3. The van der Waals surface area contributed by atoms with Crippen LogP contribution in [0.25, 0.3) is 0 Å². The van der Waals surface area contributed by atoms with Gasteiger partial charge in [-0.05, 0) is 25.1 Å². The minimum Gasteiger partial charge on any atom is -0.508 e. The molecule has 1 heterocycles. The lowest BCUT2D eigenvalue weighted by Gasteiger charge is -2.06. The Morgan fingerprint density at radius 2 is 1.94 bits per heavy atom. The molecule has 0 aliphatic carbocycles. The van der Waals surface area contributed by atoms with Gasteiger partial charge < -0.3 is 10.4 Å². The maximum Gasteiger partial charge on any atom is 0.148 e. The van der Waals surface area contributed by atoms with E-state index in [1.165, 1.54) is 0 Å². The highest BCUT2D eigenvalue weighted by atomic mass is 16.3. The Labute approximate surface area is 94.0 Å². The van der Waals surface area contributed by atoms with E-state index in [0.29, 0.717) is 12.4 Å². The number of anilines is 1. The van der Waals surface area contributed by atoms with Crippen molar-refractivity contribution >= 4 is 5.82 Å². The van der Waals surface area contributed by atoms with Gasteiger partial charge in [-0.25, -0.2) is 0 Å². The normalized spacial score (nSPS) is 10.1. The summed E-state index contributed by atoms with van der Waals surface area (Å²) in [5.41, 5.74) is 1.72. The fourth-order valence-electron chi connectivity index (χ4n) is 1.34. The summed E-state index contributed by atoms with van der Waals surface area (Å²) < 4.78 is 0. The SMILES string of the molecule is Cc1ccc(NCc2ccccc2O)nn1. The van der Waals surface area contributed by atoms with Crippen molar-refractivity contribution in [1.82, 2.24) is 10.2 Å². The van der Waals surface area contributed by atoms with Crippen molar-refractivity contribution in [3.05, 3.63) is 47.7 Å². The van der Waals surface area contributed by atoms with Crippen LogP contribution in [0.3, 0.4) is 0 Å². The molecule has 2 aromatic rings. The number of aromatic nitrogens is 2. The van der Waals surface area contributed by atoms with E-state index < -0.39 is 0 Å². The third-order valence-electron chi connectivity index (χ3n) is 2.25. The van der Waals surface area contributed by atoms with Crippen LogP contribution in [0.2, 0.25) is 0 Å². The van der Waals surface area contributed by atoms with Crippen molar-refractivity contribution < 1.29 is 5.11 Å². The molecule has 4 nitrogen and oxygen atoms in total. The molecule has 0 unspecified atom stereocenters. The van der Waals surface area contributed by atoms with Crippen LogP contribution in [0.5, 0.6) is 5.75 Å². The molecule has 0 bridgehead atoms. The summed E-state index contributed by atoms with van der Waals surface area (Å²) >= 11 is 0. The van der Waals surface area contributed by atoms with Gasteiger partial charge >= 0.3 is 0 Å². The van der Waals surface area contributed by atoms with Crippen molar-refractivity contribution in [2.75, 3.05) is 5.32 Å². The zero-order valence-electron chi connectivity index (χ0n) is 9.01. The lowest BCUT2D eigenvalue weighted by atomic mass is 10.2. The second-order valence-electron chi connectivity index (χ2n) is 3.54. The van der Waals surface area contributed by atoms with Crippen LogP contribution in [0, 0.1) is 6.92 Å². The van der Waals surface area contributed by atoms with Gasteiger partial charge in [-0.1, -0.05) is 18.2 Å². The number of benzene rings is 1. The Morgan fingerprint density at radius 3 is 2.62 bits per heavy atom. The molecule has 2 rings (SSSR count). The summed E-state index contributed by atoms with van der Waals surface area (Å²) in [6, 6.07) is 11.0. The fraction of sp³-hybridized carbons (Fsp3) is 0.167. The highest BCUT2D eigenvalue weighted by Gasteiger charge is 1.99. The summed E-state index contributed by atoms with van der Waals surface area (Å²) in [7, 11) is 0. The van der Waals surface area contributed by atoms with Gasteiger partial charge in [-0.2, -0.15) is 5.10 Å². The standard InChI is InChI=1S/C12H13N3O/c1-9-6-7-12(15-14-9)13-8-10-4-2-3-5-11(10)16/h2-7,16H,8H2,1H3,(H,13,15). The summed E-state index contributed by atoms with van der Waals surface area (Å²) in [6.45, 7) is 2.42. The lowest BCUT2D eigenvalue weighted by Crippen LogP contribution is -2.02. The number of aryl methyl sites for hydroxylation is 1. The maximum absolute atomic E-state index is 9.56. The number of para-hydroxylation sites is 1. The van der Waals surface area contributed by atoms with E-state index in [0.717, 1.165) is 11.3 Å². The van der Waals surface area contributed by atoms with Crippen LogP contribution in [0.15, 0.2) is 36.4 Å². The number of phenolic OH excluding ortho intramolecular Hbond substituents is 1. The summed E-state index contributed by atoms with van der Waals surface area (Å²) in [5.74, 6) is 0.990. The Balaban J connectivity index is 2.02. The first-order valence-electron chi connectivity index (χ1n) is 5.07. The number of hydrogen-bond acceptors (Lipinski definition) is 4. The Bertz CT molecular complexity index is 468. The van der Waals surface area contributed by atoms with Gasteiger partial charge in [0.1, 0.15) is 11.6 Å². The van der Waals surface area contributed by atoms with Crippen LogP contribution in [-0.2, 0) is 6.54 Å². The van der Waals surface area contributed by atoms with Crippen molar-refractivity contribution in [2.24, 2.45) is 0 Å². The molecule has 0 saturated carbocycles. The number of phenols is 1. The van der Waals surface area contributed by atoms with Crippen LogP contribution in [0.4, 0.5) is 5.82 Å². The highest BCUT2D eigenvalue weighted by Crippen LogP contribution is 2.16. The number of nitrogens with zero attached hydrogens (tertiary/aromatic N) is 2. The molecular formula is C12H13N3O. The first-order chi connectivity index (χ1) is 7.75. The van der Waals surface area contributed by atoms with E-state index in [4.69, 9.17) is 0 Å². The molecule has 1 aromatic heterocycles. The molecule has 4 heteroatoms. The molecular weight excluding hydrogens is 202 g/mol. The highest BCUT2D eigenvalue weighted by molar-refractivity contribution is 5.38. The number of aromatic hydroxyl groups is 1. The van der Waals surface area contributed by atoms with Gasteiger partial charge in [0, 0.05) is 12.1 Å². The Hall–Kier alpha value is -2.10. The molecule has 2 N–H and O–H groups in total. The topological polar surface area (TPSA) is 58.0 Å². The Morgan fingerprint density at radius 1 is 1.12 bits per heavy atom. The third-order valence-corrected chi connectivity index (χ3v) is 2.25. The van der Waals surface area contributed by atoms with E-state index in [9.17, 15) is 5.11 Å². The molecule has 1 aromatic carbocycles. The van der Waals surface area contributed by atoms with Crippen LogP contribution < -0.4 is 5.32 Å². The molecule has 0 aliphatic rings. The average Bonchev–Trinajstić information content (AvgIpc) is 2.30. The predicted octanol–water partition coefficient (Wildman–Crippen LogP) is 2.10. The van der Waals surface area contributed by atoms with Crippen molar-refractivity contribution in [3.63, 3.8) is 0 Å². The molecule has 0 radical (unpaired) electrons. The van der Waals surface area contributed by atoms with Gasteiger partial charge in [-0.15, -0.1) is 5.10 Å². The summed E-state index contributed by atoms with van der Waals surface area (Å²) in [6.07, 6.45) is 0. The predicted molar refractivity (Wildman–Crippen MR) is 62.2 cm³/mol. The van der Waals surface area contributed by atoms with Gasteiger partial charge in [0.2, 0.25) is 0 Å². The molecule has 0 fully saturated rings. The van der Waals surface area contributed by atoms with Gasteiger partial charge in [0.25, 0.3) is 0 Å². The monoisotopic (exact) mass is 215 g/mol. The molecule has 0 saturated heterocycles. The molecule has 82 valence electrons. The summed E-state index contributed by atoms with van der Waals surface area (Å²) in [4.78, 5) is 0. The third kappa shape index (κ3) is 2.48. The van der Waals surface area contributed by atoms with Crippen molar-refractivity contribution in [3.8, 4) is 5.75 Å². The lowest BCUT2D eigenvalue weighted by molar-refractivity contribution is 0.469. The van der Waals surface area contributed by atoms with E-state index >= 15 is 0 Å². The fourth-order valence-corrected chi connectivity index (χ4v) is 1.34. The van der Waals surface area contributed by atoms with Crippen LogP contribution in [0.1, 0.15) is 11.3 Å². The van der Waals surface area contributed by atoms with Gasteiger partial charge in [-0.3, -0.25) is 0 Å². The Kier molecular flexibility index (Phi) is 3.00. The average molecular weight is 215 g/mol. The smallest absolute Gasteiger partial charge is 0.148 e. The molecule has 0 atom stereocenters.